The lowest BCUT2D eigenvalue weighted by atomic mass is 9.93. The molecular weight excluding hydrogens is 340 g/mol. The Labute approximate surface area is 160 Å². The molecule has 144 valence electrons. The number of aryl methyl sites for hydroxylation is 1. The Balaban J connectivity index is 1.53. The van der Waals surface area contributed by atoms with Gasteiger partial charge in [0.15, 0.2) is 5.82 Å². The van der Waals surface area contributed by atoms with E-state index in [4.69, 9.17) is 4.52 Å². The number of rotatable bonds is 6. The number of likely N-dealkylation sites (tertiary alicyclic amines) is 1. The van der Waals surface area contributed by atoms with Crippen molar-refractivity contribution in [3.8, 4) is 0 Å². The fourth-order valence-electron chi connectivity index (χ4n) is 4.10. The molecule has 1 fully saturated rings. The quantitative estimate of drug-likeness (QED) is 0.784. The first kappa shape index (κ1) is 18.2. The molecule has 0 bridgehead atoms. The van der Waals surface area contributed by atoms with Crippen molar-refractivity contribution in [1.29, 1.82) is 0 Å². The number of hydrogen-bond donors (Lipinski definition) is 0. The molecule has 0 spiro atoms. The monoisotopic (exact) mass is 368 g/mol. The predicted octanol–water partition coefficient (Wildman–Crippen LogP) is 2.96. The Bertz CT molecular complexity index is 782. The largest absolute Gasteiger partial charge is 0.341 e. The fourth-order valence-corrected chi connectivity index (χ4v) is 4.10. The predicted molar refractivity (Wildman–Crippen MR) is 102 cm³/mol. The van der Waals surface area contributed by atoms with E-state index in [-0.39, 0.29) is 11.9 Å². The number of hydrogen-bond acceptors (Lipinski definition) is 5. The minimum absolute atomic E-state index is 0.149. The van der Waals surface area contributed by atoms with Crippen LogP contribution in [0, 0.1) is 0 Å². The second-order valence-electron chi connectivity index (χ2n) is 7.63. The van der Waals surface area contributed by atoms with Gasteiger partial charge in [-0.3, -0.25) is 9.69 Å². The third-order valence-electron chi connectivity index (χ3n) is 5.65. The molecule has 0 radical (unpaired) electrons. The van der Waals surface area contributed by atoms with Crippen LogP contribution in [0.15, 0.2) is 28.8 Å². The molecule has 6 heteroatoms. The van der Waals surface area contributed by atoms with Gasteiger partial charge in [0, 0.05) is 26.1 Å². The topological polar surface area (TPSA) is 62.5 Å². The van der Waals surface area contributed by atoms with E-state index in [1.54, 1.807) is 0 Å². The van der Waals surface area contributed by atoms with Gasteiger partial charge in [0.2, 0.25) is 11.8 Å². The van der Waals surface area contributed by atoms with Crippen molar-refractivity contribution in [2.75, 3.05) is 13.1 Å². The highest BCUT2D eigenvalue weighted by atomic mass is 16.5. The van der Waals surface area contributed by atoms with Gasteiger partial charge in [-0.2, -0.15) is 4.98 Å². The summed E-state index contributed by atoms with van der Waals surface area (Å²) in [5.41, 5.74) is 2.56. The number of unbranched alkanes of at least 4 members (excludes halogenated alkanes) is 1. The van der Waals surface area contributed by atoms with Gasteiger partial charge < -0.3 is 9.42 Å². The van der Waals surface area contributed by atoms with Gasteiger partial charge in [-0.1, -0.05) is 42.8 Å². The van der Waals surface area contributed by atoms with Crippen LogP contribution in [-0.4, -0.2) is 45.0 Å². The molecule has 0 saturated carbocycles. The van der Waals surface area contributed by atoms with E-state index in [9.17, 15) is 4.79 Å². The molecule has 1 aromatic heterocycles. The number of carbonyl (C=O) groups is 1. The van der Waals surface area contributed by atoms with E-state index in [1.807, 2.05) is 4.90 Å². The average Bonchev–Trinajstić information content (AvgIpc) is 3.37. The summed E-state index contributed by atoms with van der Waals surface area (Å²) in [6, 6.07) is 8.27. The average molecular weight is 368 g/mol. The Morgan fingerprint density at radius 2 is 2.00 bits per heavy atom. The molecule has 1 saturated heterocycles. The SMILES string of the molecule is CCCCc1noc(CN2Cc3ccccc3C[C@@H]2C(=O)N2CCCC2)n1. The number of carbonyl (C=O) groups excluding carboxylic acids is 1. The number of aromatic nitrogens is 2. The molecular formula is C21H28N4O2. The highest BCUT2D eigenvalue weighted by molar-refractivity contribution is 5.82. The van der Waals surface area contributed by atoms with Crippen molar-refractivity contribution in [3.63, 3.8) is 0 Å². The molecule has 2 aromatic rings. The molecule has 2 aliphatic heterocycles. The standard InChI is InChI=1S/C21H28N4O2/c1-2-3-10-19-22-20(27-23-19)15-25-14-17-9-5-4-8-16(17)13-18(25)21(26)24-11-6-7-12-24/h4-5,8-9,18H,2-3,6-7,10-15H2,1H3/t18-/m1/s1. The van der Waals surface area contributed by atoms with E-state index in [1.165, 1.54) is 11.1 Å². The normalized spacial score (nSPS) is 20.0. The highest BCUT2D eigenvalue weighted by Crippen LogP contribution is 2.27. The van der Waals surface area contributed by atoms with Gasteiger partial charge in [0.25, 0.3) is 0 Å². The Morgan fingerprint density at radius 1 is 1.22 bits per heavy atom. The molecule has 0 aliphatic carbocycles. The zero-order valence-corrected chi connectivity index (χ0v) is 16.1. The third-order valence-corrected chi connectivity index (χ3v) is 5.65. The summed E-state index contributed by atoms with van der Waals surface area (Å²) in [4.78, 5) is 21.9. The summed E-state index contributed by atoms with van der Waals surface area (Å²) < 4.78 is 5.48. The van der Waals surface area contributed by atoms with E-state index >= 15 is 0 Å². The van der Waals surface area contributed by atoms with Gasteiger partial charge in [0.05, 0.1) is 12.6 Å². The first-order valence-electron chi connectivity index (χ1n) is 10.2. The maximum atomic E-state index is 13.2. The molecule has 3 heterocycles. The summed E-state index contributed by atoms with van der Waals surface area (Å²) >= 11 is 0. The van der Waals surface area contributed by atoms with E-state index in [2.05, 4.69) is 46.2 Å². The van der Waals surface area contributed by atoms with Crippen molar-refractivity contribution < 1.29 is 9.32 Å². The number of fused-ring (bicyclic) bond motifs is 1. The lowest BCUT2D eigenvalue weighted by molar-refractivity contribution is -0.137. The molecule has 2 aliphatic rings. The van der Waals surface area contributed by atoms with Crippen LogP contribution in [0.5, 0.6) is 0 Å². The van der Waals surface area contributed by atoms with Gasteiger partial charge in [-0.15, -0.1) is 0 Å². The van der Waals surface area contributed by atoms with Crippen molar-refractivity contribution in [2.45, 2.75) is 64.6 Å². The molecule has 6 nitrogen and oxygen atoms in total. The van der Waals surface area contributed by atoms with Crippen molar-refractivity contribution in [3.05, 3.63) is 47.1 Å². The summed E-state index contributed by atoms with van der Waals surface area (Å²) in [7, 11) is 0. The van der Waals surface area contributed by atoms with Crippen LogP contribution in [-0.2, 0) is 30.7 Å². The van der Waals surface area contributed by atoms with Gasteiger partial charge in [-0.05, 0) is 36.8 Å². The maximum Gasteiger partial charge on any atom is 0.240 e. The van der Waals surface area contributed by atoms with Crippen molar-refractivity contribution in [2.24, 2.45) is 0 Å². The molecule has 0 unspecified atom stereocenters. The van der Waals surface area contributed by atoms with Crippen LogP contribution in [0.1, 0.15) is 55.4 Å². The van der Waals surface area contributed by atoms with Gasteiger partial charge in [-0.25, -0.2) is 0 Å². The first-order chi connectivity index (χ1) is 13.2. The van der Waals surface area contributed by atoms with Crippen LogP contribution in [0.3, 0.4) is 0 Å². The van der Waals surface area contributed by atoms with Crippen LogP contribution in [0.4, 0.5) is 0 Å². The highest BCUT2D eigenvalue weighted by Gasteiger charge is 2.35. The van der Waals surface area contributed by atoms with Crippen molar-refractivity contribution >= 4 is 5.91 Å². The number of amides is 1. The zero-order chi connectivity index (χ0) is 18.6. The summed E-state index contributed by atoms with van der Waals surface area (Å²) in [5.74, 6) is 1.62. The van der Waals surface area contributed by atoms with E-state index in [0.717, 1.165) is 64.0 Å². The zero-order valence-electron chi connectivity index (χ0n) is 16.1. The van der Waals surface area contributed by atoms with E-state index in [0.29, 0.717) is 12.4 Å². The molecule has 1 amide bonds. The van der Waals surface area contributed by atoms with Gasteiger partial charge in [0.1, 0.15) is 0 Å². The lowest BCUT2D eigenvalue weighted by Crippen LogP contribution is -2.50. The van der Waals surface area contributed by atoms with Crippen molar-refractivity contribution in [1.82, 2.24) is 19.9 Å². The molecule has 27 heavy (non-hydrogen) atoms. The molecule has 4 rings (SSSR count). The van der Waals surface area contributed by atoms with Crippen LogP contribution in [0.25, 0.3) is 0 Å². The lowest BCUT2D eigenvalue weighted by Gasteiger charge is -2.37. The number of benzene rings is 1. The fraction of sp³-hybridized carbons (Fsp3) is 0.571. The molecule has 1 aromatic carbocycles. The molecule has 0 N–H and O–H groups in total. The Morgan fingerprint density at radius 3 is 2.78 bits per heavy atom. The van der Waals surface area contributed by atoms with Crippen LogP contribution < -0.4 is 0 Å². The summed E-state index contributed by atoms with van der Waals surface area (Å²) in [5, 5.41) is 4.10. The number of nitrogens with zero attached hydrogens (tertiary/aromatic N) is 4. The van der Waals surface area contributed by atoms with Crippen LogP contribution in [0.2, 0.25) is 0 Å². The van der Waals surface area contributed by atoms with E-state index < -0.39 is 0 Å². The smallest absolute Gasteiger partial charge is 0.240 e. The second kappa shape index (κ2) is 8.21. The Hall–Kier alpha value is -2.21. The summed E-state index contributed by atoms with van der Waals surface area (Å²) in [6.07, 6.45) is 5.99. The first-order valence-corrected chi connectivity index (χ1v) is 10.2. The minimum atomic E-state index is -0.149. The Kier molecular flexibility index (Phi) is 5.53. The van der Waals surface area contributed by atoms with Crippen LogP contribution >= 0.6 is 0 Å². The molecule has 1 atom stereocenters. The maximum absolute atomic E-state index is 13.2. The van der Waals surface area contributed by atoms with Gasteiger partial charge >= 0.3 is 0 Å². The second-order valence-corrected chi connectivity index (χ2v) is 7.63. The minimum Gasteiger partial charge on any atom is -0.341 e. The third kappa shape index (κ3) is 4.05. The summed E-state index contributed by atoms with van der Waals surface area (Å²) in [6.45, 7) is 5.19.